The molecule has 0 bridgehead atoms. The van der Waals surface area contributed by atoms with E-state index in [1.807, 2.05) is 4.90 Å². The highest BCUT2D eigenvalue weighted by Crippen LogP contribution is 2.38. The van der Waals surface area contributed by atoms with Crippen molar-refractivity contribution in [2.24, 2.45) is 11.8 Å². The van der Waals surface area contributed by atoms with E-state index in [9.17, 15) is 9.59 Å². The third-order valence-corrected chi connectivity index (χ3v) is 4.89. The van der Waals surface area contributed by atoms with E-state index in [2.05, 4.69) is 9.88 Å². The Morgan fingerprint density at radius 2 is 1.85 bits per heavy atom. The summed E-state index contributed by atoms with van der Waals surface area (Å²) in [4.78, 5) is 30.8. The Bertz CT molecular complexity index is 579. The van der Waals surface area contributed by atoms with Crippen LogP contribution in [0, 0.1) is 11.8 Å². The number of fused-ring (bicyclic) bond motifs is 1. The zero-order valence-electron chi connectivity index (χ0n) is 11.4. The lowest BCUT2D eigenvalue weighted by Crippen LogP contribution is -2.34. The molecule has 0 spiro atoms. The number of hydrogen-bond acceptors (Lipinski definition) is 3. The average Bonchev–Trinajstić information content (AvgIpc) is 3.09. The summed E-state index contributed by atoms with van der Waals surface area (Å²) in [5.41, 5.74) is 0.294. The van der Waals surface area contributed by atoms with Crippen LogP contribution in [0.1, 0.15) is 23.2 Å². The molecule has 3 heterocycles. The smallest absolute Gasteiger partial charge is 0.254 e. The fourth-order valence-electron chi connectivity index (χ4n) is 3.69. The van der Waals surface area contributed by atoms with E-state index in [1.165, 1.54) is 18.9 Å². The van der Waals surface area contributed by atoms with Crippen LogP contribution in [0.15, 0.2) is 23.1 Å². The minimum Gasteiger partial charge on any atom is -0.338 e. The Hall–Kier alpha value is -1.62. The number of hydrogen-bond donors (Lipinski definition) is 1. The van der Waals surface area contributed by atoms with Gasteiger partial charge in [0, 0.05) is 50.0 Å². The first-order valence-electron chi connectivity index (χ1n) is 7.43. The minimum absolute atomic E-state index is 0.00321. The van der Waals surface area contributed by atoms with E-state index < -0.39 is 0 Å². The molecule has 0 aromatic carbocycles. The van der Waals surface area contributed by atoms with Crippen LogP contribution in [0.4, 0.5) is 0 Å². The fraction of sp³-hybridized carbons (Fsp3) is 0.600. The summed E-state index contributed by atoms with van der Waals surface area (Å²) in [6.07, 6.45) is 4.26. The molecule has 106 valence electrons. The van der Waals surface area contributed by atoms with Gasteiger partial charge in [-0.15, -0.1) is 0 Å². The molecule has 20 heavy (non-hydrogen) atoms. The van der Waals surface area contributed by atoms with Crippen molar-refractivity contribution in [3.8, 4) is 0 Å². The maximum absolute atomic E-state index is 12.4. The molecule has 3 aliphatic rings. The van der Waals surface area contributed by atoms with E-state index in [-0.39, 0.29) is 11.5 Å². The highest BCUT2D eigenvalue weighted by molar-refractivity contribution is 5.94. The van der Waals surface area contributed by atoms with Crippen molar-refractivity contribution in [2.75, 3.05) is 26.2 Å². The third kappa shape index (κ3) is 2.06. The molecule has 5 heteroatoms. The van der Waals surface area contributed by atoms with Gasteiger partial charge in [0.25, 0.3) is 5.91 Å². The van der Waals surface area contributed by atoms with Crippen molar-refractivity contribution in [1.82, 2.24) is 14.8 Å². The van der Waals surface area contributed by atoms with Gasteiger partial charge in [-0.25, -0.2) is 0 Å². The molecule has 2 aliphatic heterocycles. The van der Waals surface area contributed by atoms with Crippen molar-refractivity contribution in [3.05, 3.63) is 34.2 Å². The van der Waals surface area contributed by atoms with Crippen LogP contribution in [0.25, 0.3) is 0 Å². The maximum atomic E-state index is 12.4. The number of nitrogens with zero attached hydrogens (tertiary/aromatic N) is 2. The molecular formula is C15H19N3O2. The van der Waals surface area contributed by atoms with Crippen LogP contribution >= 0.6 is 0 Å². The van der Waals surface area contributed by atoms with Gasteiger partial charge in [0.1, 0.15) is 0 Å². The molecule has 1 aliphatic carbocycles. The molecule has 0 radical (unpaired) electrons. The first-order valence-corrected chi connectivity index (χ1v) is 7.43. The number of amides is 1. The molecule has 5 nitrogen and oxygen atoms in total. The highest BCUT2D eigenvalue weighted by atomic mass is 16.2. The van der Waals surface area contributed by atoms with Crippen LogP contribution in [-0.2, 0) is 0 Å². The lowest BCUT2D eigenvalue weighted by molar-refractivity contribution is 0.0773. The molecule has 2 unspecified atom stereocenters. The van der Waals surface area contributed by atoms with Gasteiger partial charge in [0.05, 0.1) is 0 Å². The van der Waals surface area contributed by atoms with E-state index >= 15 is 0 Å². The summed E-state index contributed by atoms with van der Waals surface area (Å²) in [5.74, 6) is 1.26. The predicted octanol–water partition coefficient (Wildman–Crippen LogP) is 0.541. The van der Waals surface area contributed by atoms with Gasteiger partial charge in [-0.1, -0.05) is 0 Å². The lowest BCUT2D eigenvalue weighted by Gasteiger charge is -2.21. The zero-order valence-corrected chi connectivity index (χ0v) is 11.4. The second-order valence-corrected chi connectivity index (χ2v) is 6.36. The van der Waals surface area contributed by atoms with E-state index in [1.54, 1.807) is 12.3 Å². The zero-order chi connectivity index (χ0) is 13.7. The van der Waals surface area contributed by atoms with Crippen LogP contribution in [-0.4, -0.2) is 52.9 Å². The second kappa shape index (κ2) is 4.45. The van der Waals surface area contributed by atoms with Crippen molar-refractivity contribution in [2.45, 2.75) is 18.9 Å². The number of H-pyrrole nitrogens is 1. The van der Waals surface area contributed by atoms with Gasteiger partial charge in [-0.05, 0) is 30.7 Å². The molecule has 1 saturated carbocycles. The molecule has 1 amide bonds. The number of aromatic nitrogens is 1. The SMILES string of the molecule is O=C(c1cc[nH]c(=O)c1)N1CC2CN(C3CC3)CC2C1. The Balaban J connectivity index is 1.44. The quantitative estimate of drug-likeness (QED) is 0.855. The molecule has 2 atom stereocenters. The standard InChI is InChI=1S/C15H19N3O2/c19-14-5-10(3-4-16-14)15(20)18-8-11-6-17(13-1-2-13)7-12(11)9-18/h3-5,11-13H,1-2,6-9H2,(H,16,19). The Morgan fingerprint density at radius 1 is 1.15 bits per heavy atom. The van der Waals surface area contributed by atoms with Gasteiger partial charge in [-0.3, -0.25) is 14.5 Å². The summed E-state index contributed by atoms with van der Waals surface area (Å²) >= 11 is 0. The Kier molecular flexibility index (Phi) is 2.70. The number of carbonyl (C=O) groups is 1. The minimum atomic E-state index is -0.213. The number of rotatable bonds is 2. The van der Waals surface area contributed by atoms with Crippen molar-refractivity contribution in [1.29, 1.82) is 0 Å². The van der Waals surface area contributed by atoms with Gasteiger partial charge in [-0.2, -0.15) is 0 Å². The van der Waals surface area contributed by atoms with E-state index in [4.69, 9.17) is 0 Å². The second-order valence-electron chi connectivity index (χ2n) is 6.36. The number of carbonyl (C=O) groups excluding carboxylic acids is 1. The number of nitrogens with one attached hydrogen (secondary N) is 1. The Morgan fingerprint density at radius 3 is 2.45 bits per heavy atom. The van der Waals surface area contributed by atoms with Crippen LogP contribution in [0.3, 0.4) is 0 Å². The lowest BCUT2D eigenvalue weighted by atomic mass is 10.0. The normalized spacial score (nSPS) is 29.7. The summed E-state index contributed by atoms with van der Waals surface area (Å²) < 4.78 is 0. The van der Waals surface area contributed by atoms with Crippen LogP contribution < -0.4 is 5.56 Å². The van der Waals surface area contributed by atoms with Gasteiger partial charge < -0.3 is 9.88 Å². The van der Waals surface area contributed by atoms with Gasteiger partial charge in [0.15, 0.2) is 0 Å². The molecule has 1 aromatic heterocycles. The fourth-order valence-corrected chi connectivity index (χ4v) is 3.69. The topological polar surface area (TPSA) is 56.4 Å². The first-order chi connectivity index (χ1) is 9.70. The summed E-state index contributed by atoms with van der Waals surface area (Å²) in [6.45, 7) is 3.99. The Labute approximate surface area is 117 Å². The largest absolute Gasteiger partial charge is 0.338 e. The van der Waals surface area contributed by atoms with Gasteiger partial charge >= 0.3 is 0 Å². The van der Waals surface area contributed by atoms with E-state index in [0.29, 0.717) is 17.4 Å². The first kappa shape index (κ1) is 12.1. The number of likely N-dealkylation sites (tertiary alicyclic amines) is 2. The molecule has 1 N–H and O–H groups in total. The molecule has 2 saturated heterocycles. The van der Waals surface area contributed by atoms with Crippen molar-refractivity contribution >= 4 is 5.91 Å². The number of pyridine rings is 1. The van der Waals surface area contributed by atoms with Crippen molar-refractivity contribution < 1.29 is 4.79 Å². The highest BCUT2D eigenvalue weighted by Gasteiger charge is 2.45. The van der Waals surface area contributed by atoms with Crippen molar-refractivity contribution in [3.63, 3.8) is 0 Å². The predicted molar refractivity (Wildman–Crippen MR) is 74.5 cm³/mol. The summed E-state index contributed by atoms with van der Waals surface area (Å²) in [5, 5.41) is 0. The molecule has 1 aromatic rings. The maximum Gasteiger partial charge on any atom is 0.254 e. The molecular weight excluding hydrogens is 254 g/mol. The molecule has 3 fully saturated rings. The summed E-state index contributed by atoms with van der Waals surface area (Å²) in [7, 11) is 0. The van der Waals surface area contributed by atoms with E-state index in [0.717, 1.165) is 32.2 Å². The van der Waals surface area contributed by atoms with Crippen LogP contribution in [0.2, 0.25) is 0 Å². The third-order valence-electron chi connectivity index (χ3n) is 4.89. The monoisotopic (exact) mass is 273 g/mol. The molecule has 4 rings (SSSR count). The average molecular weight is 273 g/mol. The van der Waals surface area contributed by atoms with Crippen LogP contribution in [0.5, 0.6) is 0 Å². The summed E-state index contributed by atoms with van der Waals surface area (Å²) in [6, 6.07) is 3.92. The van der Waals surface area contributed by atoms with Gasteiger partial charge in [0.2, 0.25) is 5.56 Å². The number of aromatic amines is 1.